The van der Waals surface area contributed by atoms with Gasteiger partial charge in [-0.15, -0.1) is 0 Å². The number of aromatic nitrogens is 2. The van der Waals surface area contributed by atoms with Gasteiger partial charge < -0.3 is 10.1 Å². The monoisotopic (exact) mass is 365 g/mol. The number of fused-ring (bicyclic) bond motifs is 1. The van der Waals surface area contributed by atoms with Crippen LogP contribution in [0.15, 0.2) is 48.5 Å². The largest absolute Gasteiger partial charge is 0.496 e. The molecular formula is C20H19N3O2S. The summed E-state index contributed by atoms with van der Waals surface area (Å²) in [6.45, 7) is 2.04. The van der Waals surface area contributed by atoms with Gasteiger partial charge in [0.15, 0.2) is 0 Å². The van der Waals surface area contributed by atoms with Crippen LogP contribution in [0.25, 0.3) is 5.69 Å². The molecule has 0 atom stereocenters. The lowest BCUT2D eigenvalue weighted by Crippen LogP contribution is -2.17. The molecule has 6 heteroatoms. The number of benzene rings is 2. The number of carbonyl (C=O) groups excluding carboxylic acids is 1. The zero-order chi connectivity index (χ0) is 18.1. The first-order chi connectivity index (χ1) is 12.7. The van der Waals surface area contributed by atoms with Gasteiger partial charge in [-0.3, -0.25) is 4.79 Å². The predicted octanol–water partition coefficient (Wildman–Crippen LogP) is 4.19. The van der Waals surface area contributed by atoms with E-state index in [4.69, 9.17) is 9.84 Å². The maximum Gasteiger partial charge on any atom is 0.260 e. The van der Waals surface area contributed by atoms with Gasteiger partial charge in [0.2, 0.25) is 0 Å². The van der Waals surface area contributed by atoms with Crippen molar-refractivity contribution in [3.05, 3.63) is 70.9 Å². The number of carbonyl (C=O) groups is 1. The summed E-state index contributed by atoms with van der Waals surface area (Å²) >= 11 is 1.81. The van der Waals surface area contributed by atoms with Crippen LogP contribution >= 0.6 is 11.8 Å². The van der Waals surface area contributed by atoms with Crippen LogP contribution in [0.5, 0.6) is 5.75 Å². The van der Waals surface area contributed by atoms with Crippen molar-refractivity contribution >= 4 is 23.5 Å². The molecule has 5 nitrogen and oxygen atoms in total. The van der Waals surface area contributed by atoms with Gasteiger partial charge in [-0.1, -0.05) is 30.3 Å². The fourth-order valence-corrected chi connectivity index (χ4v) is 4.16. The second kappa shape index (κ2) is 6.88. The van der Waals surface area contributed by atoms with E-state index in [-0.39, 0.29) is 5.91 Å². The highest BCUT2D eigenvalue weighted by Gasteiger charge is 2.26. The third kappa shape index (κ3) is 2.86. The highest BCUT2D eigenvalue weighted by Crippen LogP contribution is 2.37. The maximum absolute atomic E-state index is 12.9. The Labute approximate surface area is 156 Å². The minimum atomic E-state index is -0.197. The molecule has 0 unspecified atom stereocenters. The van der Waals surface area contributed by atoms with Gasteiger partial charge in [0.05, 0.1) is 24.1 Å². The number of amides is 1. The molecule has 1 N–H and O–H groups in total. The molecule has 0 spiro atoms. The standard InChI is InChI=1S/C20H19N3O2S/c1-13-7-3-5-9-17(13)23-19(15-11-26-12-16(15)22-23)21-20(24)14-8-4-6-10-18(14)25-2/h3-10H,11-12H2,1-2H3,(H,21,24). The van der Waals surface area contributed by atoms with E-state index in [0.29, 0.717) is 11.3 Å². The van der Waals surface area contributed by atoms with E-state index in [2.05, 4.69) is 5.32 Å². The molecule has 2 aromatic carbocycles. The minimum Gasteiger partial charge on any atom is -0.496 e. The third-order valence-electron chi connectivity index (χ3n) is 4.48. The summed E-state index contributed by atoms with van der Waals surface area (Å²) in [7, 11) is 1.57. The summed E-state index contributed by atoms with van der Waals surface area (Å²) < 4.78 is 7.18. The van der Waals surface area contributed by atoms with Crippen LogP contribution in [0.4, 0.5) is 5.82 Å². The van der Waals surface area contributed by atoms with E-state index in [1.165, 1.54) is 0 Å². The predicted molar refractivity (Wildman–Crippen MR) is 104 cm³/mol. The fraction of sp³-hybridized carbons (Fsp3) is 0.200. The van der Waals surface area contributed by atoms with Crippen LogP contribution in [0.3, 0.4) is 0 Å². The molecule has 0 radical (unpaired) electrons. The first-order valence-corrected chi connectivity index (χ1v) is 9.53. The van der Waals surface area contributed by atoms with Crippen LogP contribution in [-0.4, -0.2) is 22.8 Å². The summed E-state index contributed by atoms with van der Waals surface area (Å²) in [5.74, 6) is 2.82. The molecule has 1 aliphatic rings. The molecule has 1 aromatic heterocycles. The number of ether oxygens (including phenoxy) is 1. The molecule has 4 rings (SSSR count). The normalized spacial score (nSPS) is 12.7. The lowest BCUT2D eigenvalue weighted by atomic mass is 10.1. The molecule has 26 heavy (non-hydrogen) atoms. The number of nitrogens with zero attached hydrogens (tertiary/aromatic N) is 2. The van der Waals surface area contributed by atoms with Gasteiger partial charge in [0.25, 0.3) is 5.91 Å². The van der Waals surface area contributed by atoms with Crippen molar-refractivity contribution in [2.24, 2.45) is 0 Å². The van der Waals surface area contributed by atoms with E-state index < -0.39 is 0 Å². The fourth-order valence-electron chi connectivity index (χ4n) is 3.12. The van der Waals surface area contributed by atoms with Crippen LogP contribution < -0.4 is 10.1 Å². The van der Waals surface area contributed by atoms with Crippen molar-refractivity contribution in [3.63, 3.8) is 0 Å². The average molecular weight is 365 g/mol. The van der Waals surface area contributed by atoms with Gasteiger partial charge in [-0.25, -0.2) is 4.68 Å². The van der Waals surface area contributed by atoms with Gasteiger partial charge in [-0.05, 0) is 30.7 Å². The molecule has 1 amide bonds. The van der Waals surface area contributed by atoms with Crippen LogP contribution in [0.1, 0.15) is 27.2 Å². The van der Waals surface area contributed by atoms with Crippen LogP contribution in [-0.2, 0) is 11.5 Å². The van der Waals surface area contributed by atoms with Crippen molar-refractivity contribution in [1.82, 2.24) is 9.78 Å². The van der Waals surface area contributed by atoms with Gasteiger partial charge in [-0.2, -0.15) is 16.9 Å². The molecule has 0 bridgehead atoms. The molecule has 0 saturated heterocycles. The number of anilines is 1. The van der Waals surface area contributed by atoms with Crippen LogP contribution in [0.2, 0.25) is 0 Å². The lowest BCUT2D eigenvalue weighted by molar-refractivity contribution is 0.102. The Morgan fingerprint density at radius 2 is 1.92 bits per heavy atom. The molecule has 2 heterocycles. The Balaban J connectivity index is 1.77. The number of hydrogen-bond donors (Lipinski definition) is 1. The number of thioether (sulfide) groups is 1. The summed E-state index contributed by atoms with van der Waals surface area (Å²) in [4.78, 5) is 12.9. The Kier molecular flexibility index (Phi) is 4.42. The van der Waals surface area contributed by atoms with E-state index in [9.17, 15) is 4.79 Å². The topological polar surface area (TPSA) is 56.1 Å². The second-order valence-corrected chi connectivity index (χ2v) is 7.10. The number of rotatable bonds is 4. The molecule has 0 aliphatic carbocycles. The van der Waals surface area contributed by atoms with Gasteiger partial charge in [0.1, 0.15) is 11.6 Å². The summed E-state index contributed by atoms with van der Waals surface area (Å²) in [6.07, 6.45) is 0. The lowest BCUT2D eigenvalue weighted by Gasteiger charge is -2.14. The maximum atomic E-state index is 12.9. The second-order valence-electron chi connectivity index (χ2n) is 6.12. The Morgan fingerprint density at radius 3 is 2.73 bits per heavy atom. The van der Waals surface area contributed by atoms with E-state index in [1.54, 1.807) is 19.2 Å². The number of hydrogen-bond acceptors (Lipinski definition) is 4. The smallest absolute Gasteiger partial charge is 0.260 e. The highest BCUT2D eigenvalue weighted by atomic mass is 32.2. The van der Waals surface area contributed by atoms with Crippen LogP contribution in [0, 0.1) is 6.92 Å². The minimum absolute atomic E-state index is 0.197. The molecule has 132 valence electrons. The summed E-state index contributed by atoms with van der Waals surface area (Å²) in [5.41, 5.74) is 4.72. The highest BCUT2D eigenvalue weighted by molar-refractivity contribution is 7.98. The molecule has 3 aromatic rings. The van der Waals surface area contributed by atoms with Crippen molar-refractivity contribution < 1.29 is 9.53 Å². The van der Waals surface area contributed by atoms with E-state index in [0.717, 1.165) is 39.8 Å². The average Bonchev–Trinajstić information content (AvgIpc) is 3.25. The molecular weight excluding hydrogens is 346 g/mol. The molecule has 0 fully saturated rings. The molecule has 0 saturated carbocycles. The number of nitrogens with one attached hydrogen (secondary N) is 1. The first kappa shape index (κ1) is 16.7. The third-order valence-corrected chi connectivity index (χ3v) is 5.45. The quantitative estimate of drug-likeness (QED) is 0.753. The first-order valence-electron chi connectivity index (χ1n) is 8.38. The van der Waals surface area contributed by atoms with Gasteiger partial charge in [0, 0.05) is 17.1 Å². The zero-order valence-electron chi connectivity index (χ0n) is 14.7. The van der Waals surface area contributed by atoms with E-state index in [1.807, 2.05) is 59.8 Å². The zero-order valence-corrected chi connectivity index (χ0v) is 15.5. The number of aryl methyl sites for hydroxylation is 1. The Hall–Kier alpha value is -2.73. The van der Waals surface area contributed by atoms with E-state index >= 15 is 0 Å². The summed E-state index contributed by atoms with van der Waals surface area (Å²) in [5, 5.41) is 7.84. The molecule has 1 aliphatic heterocycles. The Morgan fingerprint density at radius 1 is 1.15 bits per heavy atom. The van der Waals surface area contributed by atoms with Crippen molar-refractivity contribution in [2.75, 3.05) is 12.4 Å². The number of para-hydroxylation sites is 2. The number of methoxy groups -OCH3 is 1. The SMILES string of the molecule is COc1ccccc1C(=O)Nc1c2c(nn1-c1ccccc1C)CSC2. The summed E-state index contributed by atoms with van der Waals surface area (Å²) in [6, 6.07) is 15.3. The van der Waals surface area contributed by atoms with Gasteiger partial charge >= 0.3 is 0 Å². The van der Waals surface area contributed by atoms with Crippen molar-refractivity contribution in [3.8, 4) is 11.4 Å². The van der Waals surface area contributed by atoms with Crippen molar-refractivity contribution in [2.45, 2.75) is 18.4 Å². The van der Waals surface area contributed by atoms with Crippen molar-refractivity contribution in [1.29, 1.82) is 0 Å². The Bertz CT molecular complexity index is 981.